The third-order valence-electron chi connectivity index (χ3n) is 3.71. The zero-order chi connectivity index (χ0) is 15.5. The molecule has 2 aromatic heterocycles. The van der Waals surface area contributed by atoms with Crippen molar-refractivity contribution in [2.45, 2.75) is 26.3 Å². The average molecular weight is 302 g/mol. The van der Waals surface area contributed by atoms with Crippen molar-refractivity contribution in [1.29, 1.82) is 0 Å². The van der Waals surface area contributed by atoms with Crippen molar-refractivity contribution in [2.75, 3.05) is 19.7 Å². The number of fused-ring (bicyclic) bond motifs is 1. The fraction of sp³-hybridized carbons (Fsp3) is 0.467. The first kappa shape index (κ1) is 14.5. The van der Waals surface area contributed by atoms with E-state index in [1.54, 1.807) is 30.2 Å². The molecule has 22 heavy (non-hydrogen) atoms. The lowest BCUT2D eigenvalue weighted by molar-refractivity contribution is -0.130. The second-order valence-electron chi connectivity index (χ2n) is 5.18. The van der Waals surface area contributed by atoms with E-state index in [4.69, 9.17) is 4.74 Å². The van der Waals surface area contributed by atoms with Crippen LogP contribution in [0, 0.1) is 0 Å². The van der Waals surface area contributed by atoms with Gasteiger partial charge >= 0.3 is 5.56 Å². The average Bonchev–Trinajstić information content (AvgIpc) is 3.06. The van der Waals surface area contributed by atoms with Crippen molar-refractivity contribution in [1.82, 2.24) is 19.4 Å². The lowest BCUT2D eigenvalue weighted by Crippen LogP contribution is -2.35. The second-order valence-corrected chi connectivity index (χ2v) is 5.18. The lowest BCUT2D eigenvalue weighted by Gasteiger charge is -2.17. The van der Waals surface area contributed by atoms with E-state index in [0.29, 0.717) is 17.8 Å². The van der Waals surface area contributed by atoms with Gasteiger partial charge in [0.25, 0.3) is 5.88 Å². The Morgan fingerprint density at radius 1 is 1.36 bits per heavy atom. The minimum atomic E-state index is -0.416. The van der Waals surface area contributed by atoms with E-state index in [0.717, 1.165) is 25.9 Å². The molecule has 0 saturated carbocycles. The molecule has 0 spiro atoms. The van der Waals surface area contributed by atoms with Crippen LogP contribution in [0.5, 0.6) is 5.88 Å². The molecule has 0 unspecified atom stereocenters. The Hall–Kier alpha value is -2.44. The van der Waals surface area contributed by atoms with E-state index in [1.165, 1.54) is 4.57 Å². The summed E-state index contributed by atoms with van der Waals surface area (Å²) in [5.41, 5.74) is 0.531. The number of likely N-dealkylation sites (tertiary alicyclic amines) is 1. The largest absolute Gasteiger partial charge is 0.474 e. The zero-order valence-corrected chi connectivity index (χ0v) is 12.5. The molecule has 1 aliphatic heterocycles. The van der Waals surface area contributed by atoms with Crippen molar-refractivity contribution < 1.29 is 9.53 Å². The molecule has 0 aliphatic carbocycles. The number of carbonyl (C=O) groups is 1. The van der Waals surface area contributed by atoms with E-state index < -0.39 is 5.56 Å². The van der Waals surface area contributed by atoms with Crippen molar-refractivity contribution >= 4 is 17.1 Å². The minimum absolute atomic E-state index is 0.0113. The predicted octanol–water partition coefficient (Wildman–Crippen LogP) is 0.813. The number of hydrogen-bond donors (Lipinski definition) is 0. The van der Waals surface area contributed by atoms with Crippen molar-refractivity contribution in [3.05, 3.63) is 28.7 Å². The van der Waals surface area contributed by atoms with Gasteiger partial charge < -0.3 is 9.64 Å². The number of amides is 1. The Morgan fingerprint density at radius 3 is 2.86 bits per heavy atom. The van der Waals surface area contributed by atoms with Crippen LogP contribution in [0.25, 0.3) is 11.2 Å². The molecule has 0 N–H and O–H groups in total. The Kier molecular flexibility index (Phi) is 4.04. The third-order valence-corrected chi connectivity index (χ3v) is 3.71. The fourth-order valence-corrected chi connectivity index (χ4v) is 2.63. The highest BCUT2D eigenvalue weighted by Crippen LogP contribution is 2.13. The third kappa shape index (κ3) is 2.66. The van der Waals surface area contributed by atoms with Crippen LogP contribution in [0.3, 0.4) is 0 Å². The number of rotatable bonds is 4. The molecule has 1 amide bonds. The molecule has 7 heteroatoms. The summed E-state index contributed by atoms with van der Waals surface area (Å²) in [5.74, 6) is -0.0579. The van der Waals surface area contributed by atoms with E-state index in [2.05, 4.69) is 9.97 Å². The van der Waals surface area contributed by atoms with Gasteiger partial charge in [0.1, 0.15) is 12.1 Å². The first-order valence-corrected chi connectivity index (χ1v) is 7.47. The Balaban J connectivity index is 2.04. The summed E-state index contributed by atoms with van der Waals surface area (Å²) in [6.07, 6.45) is 3.61. The minimum Gasteiger partial charge on any atom is -0.474 e. The molecule has 3 rings (SSSR count). The maximum atomic E-state index is 12.5. The number of nitrogens with zero attached hydrogens (tertiary/aromatic N) is 4. The molecular formula is C15H18N4O3. The van der Waals surface area contributed by atoms with Crippen LogP contribution >= 0.6 is 0 Å². The van der Waals surface area contributed by atoms with Crippen LogP contribution in [0.15, 0.2) is 23.1 Å². The van der Waals surface area contributed by atoms with Gasteiger partial charge in [0, 0.05) is 19.3 Å². The van der Waals surface area contributed by atoms with Crippen molar-refractivity contribution in [3.8, 4) is 5.88 Å². The van der Waals surface area contributed by atoms with Crippen LogP contribution in [0.4, 0.5) is 0 Å². The van der Waals surface area contributed by atoms with Gasteiger partial charge in [-0.3, -0.25) is 14.2 Å². The van der Waals surface area contributed by atoms with Gasteiger partial charge in [0.2, 0.25) is 5.91 Å². The van der Waals surface area contributed by atoms with Gasteiger partial charge in [-0.15, -0.1) is 0 Å². The van der Waals surface area contributed by atoms with Crippen LogP contribution in [-0.2, 0) is 11.3 Å². The van der Waals surface area contributed by atoms with Gasteiger partial charge in [-0.2, -0.15) is 0 Å². The van der Waals surface area contributed by atoms with Crippen LogP contribution in [0.1, 0.15) is 19.8 Å². The van der Waals surface area contributed by atoms with E-state index >= 15 is 0 Å². The molecule has 0 aromatic carbocycles. The van der Waals surface area contributed by atoms with Crippen molar-refractivity contribution in [2.24, 2.45) is 0 Å². The maximum Gasteiger partial charge on any atom is 0.315 e. The number of aromatic nitrogens is 3. The highest BCUT2D eigenvalue weighted by molar-refractivity contribution is 5.79. The van der Waals surface area contributed by atoms with Gasteiger partial charge in [-0.1, -0.05) is 0 Å². The quantitative estimate of drug-likeness (QED) is 0.835. The van der Waals surface area contributed by atoms with Gasteiger partial charge in [-0.05, 0) is 31.9 Å². The zero-order valence-electron chi connectivity index (χ0n) is 12.5. The molecule has 1 aliphatic rings. The van der Waals surface area contributed by atoms with E-state index in [1.807, 2.05) is 0 Å². The normalized spacial score (nSPS) is 14.5. The summed E-state index contributed by atoms with van der Waals surface area (Å²) in [6, 6.07) is 3.49. The van der Waals surface area contributed by atoms with Crippen LogP contribution in [-0.4, -0.2) is 45.0 Å². The molecule has 3 heterocycles. The van der Waals surface area contributed by atoms with Gasteiger partial charge in [0.05, 0.1) is 6.61 Å². The number of ether oxygens (including phenoxy) is 1. The Labute approximate surface area is 127 Å². The summed E-state index contributed by atoms with van der Waals surface area (Å²) in [7, 11) is 0. The smallest absolute Gasteiger partial charge is 0.315 e. The summed E-state index contributed by atoms with van der Waals surface area (Å²) >= 11 is 0. The summed E-state index contributed by atoms with van der Waals surface area (Å²) in [4.78, 5) is 35.0. The van der Waals surface area contributed by atoms with Crippen LogP contribution in [0.2, 0.25) is 0 Å². The molecule has 7 nitrogen and oxygen atoms in total. The first-order chi connectivity index (χ1) is 10.7. The summed E-state index contributed by atoms with van der Waals surface area (Å²) in [6.45, 7) is 3.60. The highest BCUT2D eigenvalue weighted by atomic mass is 16.5. The number of pyridine rings is 1. The van der Waals surface area contributed by atoms with Crippen LogP contribution < -0.4 is 10.3 Å². The van der Waals surface area contributed by atoms with Gasteiger partial charge in [0.15, 0.2) is 5.65 Å². The molecule has 0 bridgehead atoms. The molecule has 2 aromatic rings. The SMILES string of the molecule is CCOc1nc2cccnc2n(CC(=O)N2CCCC2)c1=O. The maximum absolute atomic E-state index is 12.5. The fourth-order valence-electron chi connectivity index (χ4n) is 2.63. The van der Waals surface area contributed by atoms with Gasteiger partial charge in [-0.25, -0.2) is 9.97 Å². The molecule has 1 fully saturated rings. The monoisotopic (exact) mass is 302 g/mol. The molecule has 0 radical (unpaired) electrons. The Morgan fingerprint density at radius 2 is 2.14 bits per heavy atom. The molecule has 0 atom stereocenters. The van der Waals surface area contributed by atoms with E-state index in [9.17, 15) is 9.59 Å². The Bertz CT molecular complexity index is 750. The topological polar surface area (TPSA) is 77.3 Å². The molecule has 1 saturated heterocycles. The standard InChI is InChI=1S/C15H18N4O3/c1-2-22-14-15(21)19(10-12(20)18-8-3-4-9-18)13-11(17-14)6-5-7-16-13/h5-7H,2-4,8-10H2,1H3. The molecule has 116 valence electrons. The predicted molar refractivity (Wildman–Crippen MR) is 80.8 cm³/mol. The summed E-state index contributed by atoms with van der Waals surface area (Å²) < 4.78 is 6.65. The van der Waals surface area contributed by atoms with E-state index in [-0.39, 0.29) is 18.3 Å². The summed E-state index contributed by atoms with van der Waals surface area (Å²) in [5, 5.41) is 0. The number of carbonyl (C=O) groups excluding carboxylic acids is 1. The van der Waals surface area contributed by atoms with Crippen molar-refractivity contribution in [3.63, 3.8) is 0 Å². The highest BCUT2D eigenvalue weighted by Gasteiger charge is 2.21. The number of hydrogen-bond acceptors (Lipinski definition) is 5. The molecular weight excluding hydrogens is 284 g/mol. The first-order valence-electron chi connectivity index (χ1n) is 7.47. The lowest BCUT2D eigenvalue weighted by atomic mass is 10.4. The second kappa shape index (κ2) is 6.13.